The molecule has 1 rings (SSSR count). The lowest BCUT2D eigenvalue weighted by molar-refractivity contribution is 1.20. The maximum absolute atomic E-state index is 4.27. The quantitative estimate of drug-likeness (QED) is 0.587. The molecule has 1 nitrogen and oxygen atoms in total. The molecule has 0 radical (unpaired) electrons. The first-order valence-electron chi connectivity index (χ1n) is 3.96. The number of hydrogen-bond donors (Lipinski definition) is 0. The van der Waals surface area contributed by atoms with Crippen molar-refractivity contribution >= 4 is 5.71 Å². The van der Waals surface area contributed by atoms with E-state index in [4.69, 9.17) is 0 Å². The van der Waals surface area contributed by atoms with Crippen LogP contribution in [-0.2, 0) is 0 Å². The Morgan fingerprint density at radius 1 is 1.42 bits per heavy atom. The van der Waals surface area contributed by atoms with E-state index in [0.29, 0.717) is 0 Å². The normalized spacial score (nSPS) is 16.9. The highest BCUT2D eigenvalue weighted by molar-refractivity contribution is 6.10. The van der Waals surface area contributed by atoms with Crippen LogP contribution in [0.2, 0.25) is 0 Å². The van der Waals surface area contributed by atoms with Gasteiger partial charge in [-0.3, -0.25) is 4.99 Å². The highest BCUT2D eigenvalue weighted by atomic mass is 14.7. The van der Waals surface area contributed by atoms with Gasteiger partial charge in [-0.2, -0.15) is 0 Å². The van der Waals surface area contributed by atoms with Crippen LogP contribution < -0.4 is 0 Å². The van der Waals surface area contributed by atoms with Crippen LogP contribution in [0.4, 0.5) is 0 Å². The molecule has 0 saturated carbocycles. The van der Waals surface area contributed by atoms with Crippen LogP contribution in [0.3, 0.4) is 0 Å². The standard InChI is InChI=1S/C11H13N/c1-4-10-7-6-9(3)8-12-11(10)5-2/h4-5,7-8H,1-2,6H2,3H3. The van der Waals surface area contributed by atoms with E-state index in [1.807, 2.05) is 12.3 Å². The summed E-state index contributed by atoms with van der Waals surface area (Å²) in [5.41, 5.74) is 3.23. The van der Waals surface area contributed by atoms with Gasteiger partial charge in [-0.1, -0.05) is 30.9 Å². The Kier molecular flexibility index (Phi) is 2.81. The molecule has 1 heterocycles. The van der Waals surface area contributed by atoms with E-state index >= 15 is 0 Å². The Bertz CT molecular complexity index is 290. The smallest absolute Gasteiger partial charge is 0.0692 e. The minimum absolute atomic E-state index is 0.904. The van der Waals surface area contributed by atoms with Crippen molar-refractivity contribution in [2.45, 2.75) is 13.3 Å². The van der Waals surface area contributed by atoms with Crippen LogP contribution in [0.5, 0.6) is 0 Å². The van der Waals surface area contributed by atoms with E-state index in [0.717, 1.165) is 17.7 Å². The van der Waals surface area contributed by atoms with E-state index in [9.17, 15) is 0 Å². The van der Waals surface area contributed by atoms with Gasteiger partial charge in [0.05, 0.1) is 5.71 Å². The predicted molar refractivity (Wildman–Crippen MR) is 54.3 cm³/mol. The molecule has 1 aliphatic rings. The number of hydrogen-bond acceptors (Lipinski definition) is 1. The molecule has 0 unspecified atom stereocenters. The molecule has 0 bridgehead atoms. The summed E-state index contributed by atoms with van der Waals surface area (Å²) in [6.45, 7) is 9.49. The third-order valence-corrected chi connectivity index (χ3v) is 1.78. The van der Waals surface area contributed by atoms with E-state index in [1.54, 1.807) is 6.08 Å². The van der Waals surface area contributed by atoms with Gasteiger partial charge in [-0.25, -0.2) is 0 Å². The second-order valence-corrected chi connectivity index (χ2v) is 2.76. The van der Waals surface area contributed by atoms with Crippen molar-refractivity contribution in [2.75, 3.05) is 0 Å². The van der Waals surface area contributed by atoms with Gasteiger partial charge in [-0.05, 0) is 25.0 Å². The second-order valence-electron chi connectivity index (χ2n) is 2.76. The first-order valence-corrected chi connectivity index (χ1v) is 3.96. The molecule has 0 fully saturated rings. The zero-order chi connectivity index (χ0) is 8.97. The number of rotatable bonds is 2. The molecule has 0 aliphatic carbocycles. The van der Waals surface area contributed by atoms with E-state index in [2.05, 4.69) is 31.2 Å². The fourth-order valence-electron chi connectivity index (χ4n) is 1.04. The van der Waals surface area contributed by atoms with Crippen LogP contribution in [0.1, 0.15) is 13.3 Å². The topological polar surface area (TPSA) is 12.4 Å². The van der Waals surface area contributed by atoms with Crippen LogP contribution in [-0.4, -0.2) is 5.71 Å². The molecule has 0 aromatic carbocycles. The van der Waals surface area contributed by atoms with E-state index in [-0.39, 0.29) is 0 Å². The SMILES string of the molecule is C=CC1=CCC(C)=CN=C1C=C. The van der Waals surface area contributed by atoms with Crippen molar-refractivity contribution in [1.29, 1.82) is 0 Å². The van der Waals surface area contributed by atoms with Crippen molar-refractivity contribution in [2.24, 2.45) is 4.99 Å². The van der Waals surface area contributed by atoms with Gasteiger partial charge in [0, 0.05) is 6.20 Å². The maximum Gasteiger partial charge on any atom is 0.0692 e. The van der Waals surface area contributed by atoms with E-state index in [1.165, 1.54) is 5.57 Å². The summed E-state index contributed by atoms with van der Waals surface area (Å²) in [6, 6.07) is 0. The van der Waals surface area contributed by atoms with Crippen LogP contribution in [0.25, 0.3) is 0 Å². The largest absolute Gasteiger partial charge is 0.256 e. The highest BCUT2D eigenvalue weighted by Crippen LogP contribution is 2.12. The molecule has 0 amide bonds. The monoisotopic (exact) mass is 159 g/mol. The van der Waals surface area contributed by atoms with Gasteiger partial charge >= 0.3 is 0 Å². The molecule has 62 valence electrons. The Morgan fingerprint density at radius 2 is 2.17 bits per heavy atom. The Labute approximate surface area is 73.5 Å². The van der Waals surface area contributed by atoms with Gasteiger partial charge in [0.15, 0.2) is 0 Å². The average Bonchev–Trinajstić information content (AvgIpc) is 2.27. The van der Waals surface area contributed by atoms with Crippen molar-refractivity contribution in [3.63, 3.8) is 0 Å². The fraction of sp³-hybridized carbons (Fsp3) is 0.182. The molecule has 0 N–H and O–H groups in total. The minimum atomic E-state index is 0.904. The molecule has 1 heteroatoms. The number of aliphatic imine (C=N–C) groups is 1. The molecular weight excluding hydrogens is 146 g/mol. The van der Waals surface area contributed by atoms with Crippen molar-refractivity contribution < 1.29 is 0 Å². The van der Waals surface area contributed by atoms with Gasteiger partial charge in [0.2, 0.25) is 0 Å². The van der Waals surface area contributed by atoms with Gasteiger partial charge in [0.25, 0.3) is 0 Å². The molecular formula is C11H13N. The summed E-state index contributed by atoms with van der Waals surface area (Å²) in [4.78, 5) is 4.27. The predicted octanol–water partition coefficient (Wildman–Crippen LogP) is 3.03. The van der Waals surface area contributed by atoms with Gasteiger partial charge in [0.1, 0.15) is 0 Å². The first-order chi connectivity index (χ1) is 5.77. The maximum atomic E-state index is 4.27. The molecule has 12 heavy (non-hydrogen) atoms. The summed E-state index contributed by atoms with van der Waals surface area (Å²) >= 11 is 0. The number of nitrogens with zero attached hydrogens (tertiary/aromatic N) is 1. The second kappa shape index (κ2) is 3.86. The zero-order valence-electron chi connectivity index (χ0n) is 7.38. The molecule has 0 aromatic rings. The van der Waals surface area contributed by atoms with Crippen molar-refractivity contribution in [3.05, 3.63) is 48.7 Å². The van der Waals surface area contributed by atoms with Gasteiger partial charge < -0.3 is 0 Å². The van der Waals surface area contributed by atoms with Crippen molar-refractivity contribution in [1.82, 2.24) is 0 Å². The average molecular weight is 159 g/mol. The minimum Gasteiger partial charge on any atom is -0.256 e. The van der Waals surface area contributed by atoms with Crippen LogP contribution in [0.15, 0.2) is 53.7 Å². The van der Waals surface area contributed by atoms with Crippen LogP contribution in [0, 0.1) is 0 Å². The zero-order valence-corrected chi connectivity index (χ0v) is 7.38. The molecule has 0 spiro atoms. The fourth-order valence-corrected chi connectivity index (χ4v) is 1.04. The summed E-state index contributed by atoms with van der Waals surface area (Å²) in [5, 5.41) is 0. The Hall–Kier alpha value is -1.37. The lowest BCUT2D eigenvalue weighted by Crippen LogP contribution is -1.93. The summed E-state index contributed by atoms with van der Waals surface area (Å²) in [6.07, 6.45) is 8.51. The Morgan fingerprint density at radius 3 is 2.75 bits per heavy atom. The summed E-state index contributed by atoms with van der Waals surface area (Å²) in [5.74, 6) is 0. The van der Waals surface area contributed by atoms with Crippen molar-refractivity contribution in [3.8, 4) is 0 Å². The van der Waals surface area contributed by atoms with Gasteiger partial charge in [-0.15, -0.1) is 0 Å². The van der Waals surface area contributed by atoms with E-state index < -0.39 is 0 Å². The Balaban J connectivity index is 3.05. The molecule has 0 atom stereocenters. The van der Waals surface area contributed by atoms with Crippen LogP contribution >= 0.6 is 0 Å². The molecule has 0 saturated heterocycles. The number of allylic oxidation sites excluding steroid dienone is 5. The summed E-state index contributed by atoms with van der Waals surface area (Å²) < 4.78 is 0. The third kappa shape index (κ3) is 1.82. The molecule has 1 aliphatic heterocycles. The lowest BCUT2D eigenvalue weighted by atomic mass is 10.1. The lowest BCUT2D eigenvalue weighted by Gasteiger charge is -1.97. The molecule has 0 aromatic heterocycles. The third-order valence-electron chi connectivity index (χ3n) is 1.78. The highest BCUT2D eigenvalue weighted by Gasteiger charge is 2.01. The summed E-state index contributed by atoms with van der Waals surface area (Å²) in [7, 11) is 0. The first kappa shape index (κ1) is 8.72.